The lowest BCUT2D eigenvalue weighted by molar-refractivity contribution is -0.384. The number of imidazole rings is 1. The lowest BCUT2D eigenvalue weighted by Crippen LogP contribution is -2.49. The molecule has 0 atom stereocenters. The number of carbonyl (C=O) groups is 1. The largest absolute Gasteiger partial charge is 0.368 e. The van der Waals surface area contributed by atoms with Crippen molar-refractivity contribution < 1.29 is 9.72 Å². The van der Waals surface area contributed by atoms with E-state index >= 15 is 0 Å². The molecule has 0 unspecified atom stereocenters. The van der Waals surface area contributed by atoms with Crippen LogP contribution in [0, 0.1) is 17.0 Å². The van der Waals surface area contributed by atoms with E-state index in [4.69, 9.17) is 0 Å². The summed E-state index contributed by atoms with van der Waals surface area (Å²) < 4.78 is 0. The van der Waals surface area contributed by atoms with Gasteiger partial charge in [-0.05, 0) is 36.8 Å². The Hall–Kier alpha value is -3.07. The molecule has 8 nitrogen and oxygen atoms in total. The minimum Gasteiger partial charge on any atom is -0.368 e. The fraction of sp³-hybridized carbons (Fsp3) is 0.300. The number of carbonyl (C=O) groups excluding carboxylic acids is 1. The number of aromatic amines is 1. The monoisotopic (exact) mass is 411 g/mol. The maximum absolute atomic E-state index is 12.6. The summed E-state index contributed by atoms with van der Waals surface area (Å²) >= 11 is 1.42. The van der Waals surface area contributed by atoms with Crippen LogP contribution in [0.3, 0.4) is 0 Å². The Bertz CT molecular complexity index is 1040. The predicted molar refractivity (Wildman–Crippen MR) is 113 cm³/mol. The van der Waals surface area contributed by atoms with Gasteiger partial charge < -0.3 is 14.8 Å². The molecule has 1 amide bonds. The molecule has 0 aliphatic carbocycles. The van der Waals surface area contributed by atoms with Crippen molar-refractivity contribution in [3.8, 4) is 0 Å². The molecule has 3 aromatic rings. The zero-order chi connectivity index (χ0) is 20.4. The first-order valence-electron chi connectivity index (χ1n) is 9.36. The van der Waals surface area contributed by atoms with Gasteiger partial charge in [-0.3, -0.25) is 14.9 Å². The third-order valence-corrected chi connectivity index (χ3v) is 5.86. The Morgan fingerprint density at radius 3 is 2.59 bits per heavy atom. The molecule has 9 heteroatoms. The second kappa shape index (κ2) is 8.12. The summed E-state index contributed by atoms with van der Waals surface area (Å²) in [7, 11) is 0. The number of aryl methyl sites for hydroxylation is 1. The number of rotatable bonds is 5. The molecule has 0 radical (unpaired) electrons. The van der Waals surface area contributed by atoms with Crippen LogP contribution >= 0.6 is 11.8 Å². The molecule has 1 fully saturated rings. The molecular formula is C20H21N5O3S. The highest BCUT2D eigenvalue weighted by Crippen LogP contribution is 2.23. The normalized spacial score (nSPS) is 14.4. The van der Waals surface area contributed by atoms with E-state index in [1.165, 1.54) is 29.5 Å². The van der Waals surface area contributed by atoms with Gasteiger partial charge in [0.15, 0.2) is 5.16 Å². The zero-order valence-corrected chi connectivity index (χ0v) is 16.8. The standard InChI is InChI=1S/C20H21N5O3S/c1-14-2-7-17-18(12-14)22-20(21-17)29-13-19(26)24-10-8-23(9-11-24)15-3-5-16(6-4-15)25(27)28/h2-7,12H,8-11,13H2,1H3,(H,21,22). The predicted octanol–water partition coefficient (Wildman–Crippen LogP) is 3.22. The topological polar surface area (TPSA) is 95.4 Å². The number of fused-ring (bicyclic) bond motifs is 1. The van der Waals surface area contributed by atoms with Gasteiger partial charge in [0.25, 0.3) is 5.69 Å². The average molecular weight is 411 g/mol. The summed E-state index contributed by atoms with van der Waals surface area (Å²) in [5, 5.41) is 11.5. The molecule has 1 aliphatic rings. The van der Waals surface area contributed by atoms with Gasteiger partial charge in [-0.25, -0.2) is 4.98 Å². The van der Waals surface area contributed by atoms with Crippen molar-refractivity contribution in [3.63, 3.8) is 0 Å². The molecule has 2 aromatic carbocycles. The maximum Gasteiger partial charge on any atom is 0.269 e. The van der Waals surface area contributed by atoms with Crippen molar-refractivity contribution in [2.75, 3.05) is 36.8 Å². The van der Waals surface area contributed by atoms with E-state index in [1.807, 2.05) is 30.0 Å². The van der Waals surface area contributed by atoms with Gasteiger partial charge in [0.1, 0.15) is 0 Å². The van der Waals surface area contributed by atoms with Gasteiger partial charge in [-0.15, -0.1) is 0 Å². The number of non-ortho nitro benzene ring substituents is 1. The molecule has 0 saturated carbocycles. The molecule has 1 aromatic heterocycles. The molecule has 0 spiro atoms. The fourth-order valence-electron chi connectivity index (χ4n) is 3.39. The minimum atomic E-state index is -0.402. The summed E-state index contributed by atoms with van der Waals surface area (Å²) in [6.45, 7) is 4.72. The Morgan fingerprint density at radius 1 is 1.17 bits per heavy atom. The van der Waals surface area contributed by atoms with Crippen molar-refractivity contribution in [3.05, 3.63) is 58.1 Å². The first-order chi connectivity index (χ1) is 14.0. The zero-order valence-electron chi connectivity index (χ0n) is 16.0. The van der Waals surface area contributed by atoms with Crippen LogP contribution in [0.4, 0.5) is 11.4 Å². The number of aromatic nitrogens is 2. The van der Waals surface area contributed by atoms with Crippen LogP contribution in [0.15, 0.2) is 47.6 Å². The summed E-state index contributed by atoms with van der Waals surface area (Å²) in [5.74, 6) is 0.436. The number of nitrogens with one attached hydrogen (secondary N) is 1. The Morgan fingerprint density at radius 2 is 1.90 bits per heavy atom. The number of thioether (sulfide) groups is 1. The summed E-state index contributed by atoms with van der Waals surface area (Å²) in [6, 6.07) is 12.6. The van der Waals surface area contributed by atoms with Crippen LogP contribution in [0.2, 0.25) is 0 Å². The van der Waals surface area contributed by atoms with E-state index in [0.29, 0.717) is 31.9 Å². The molecule has 2 heterocycles. The quantitative estimate of drug-likeness (QED) is 0.393. The molecule has 1 aliphatic heterocycles. The number of amides is 1. The van der Waals surface area contributed by atoms with Gasteiger partial charge in [-0.2, -0.15) is 0 Å². The number of nitrogens with zero attached hydrogens (tertiary/aromatic N) is 4. The lowest BCUT2D eigenvalue weighted by atomic mass is 10.2. The van der Waals surface area contributed by atoms with Crippen LogP contribution in [-0.4, -0.2) is 57.6 Å². The number of hydrogen-bond acceptors (Lipinski definition) is 6. The highest BCUT2D eigenvalue weighted by atomic mass is 32.2. The minimum absolute atomic E-state index is 0.0836. The fourth-order valence-corrected chi connectivity index (χ4v) is 4.18. The second-order valence-electron chi connectivity index (χ2n) is 6.99. The molecule has 0 bridgehead atoms. The van der Waals surface area contributed by atoms with Crippen LogP contribution in [0.25, 0.3) is 11.0 Å². The van der Waals surface area contributed by atoms with Crippen LogP contribution in [0.5, 0.6) is 0 Å². The molecule has 1 saturated heterocycles. The van der Waals surface area contributed by atoms with Crippen LogP contribution in [0.1, 0.15) is 5.56 Å². The van der Waals surface area contributed by atoms with E-state index in [9.17, 15) is 14.9 Å². The van der Waals surface area contributed by atoms with Crippen LogP contribution < -0.4 is 4.90 Å². The number of piperazine rings is 1. The number of hydrogen-bond donors (Lipinski definition) is 1. The Kier molecular flexibility index (Phi) is 5.39. The van der Waals surface area contributed by atoms with E-state index in [1.54, 1.807) is 12.1 Å². The molecule has 150 valence electrons. The lowest BCUT2D eigenvalue weighted by Gasteiger charge is -2.36. The second-order valence-corrected chi connectivity index (χ2v) is 7.96. The van der Waals surface area contributed by atoms with Crippen molar-refractivity contribution in [1.29, 1.82) is 0 Å². The van der Waals surface area contributed by atoms with Crippen molar-refractivity contribution in [1.82, 2.24) is 14.9 Å². The SMILES string of the molecule is Cc1ccc2nc(SCC(=O)N3CCN(c4ccc([N+](=O)[O-])cc4)CC3)[nH]c2c1. The number of H-pyrrole nitrogens is 1. The van der Waals surface area contributed by atoms with E-state index < -0.39 is 4.92 Å². The van der Waals surface area contributed by atoms with E-state index in [-0.39, 0.29) is 11.6 Å². The first kappa shape index (κ1) is 19.3. The van der Waals surface area contributed by atoms with Gasteiger partial charge >= 0.3 is 0 Å². The summed E-state index contributed by atoms with van der Waals surface area (Å²) in [5.41, 5.74) is 4.08. The maximum atomic E-state index is 12.6. The van der Waals surface area contributed by atoms with Crippen molar-refractivity contribution in [2.24, 2.45) is 0 Å². The average Bonchev–Trinajstić information content (AvgIpc) is 3.14. The smallest absolute Gasteiger partial charge is 0.269 e. The number of nitro benzene ring substituents is 1. The van der Waals surface area contributed by atoms with Gasteiger partial charge in [0, 0.05) is 44.0 Å². The summed E-state index contributed by atoms with van der Waals surface area (Å²) in [6.07, 6.45) is 0. The van der Waals surface area contributed by atoms with Crippen LogP contribution in [-0.2, 0) is 4.79 Å². The van der Waals surface area contributed by atoms with E-state index in [0.717, 1.165) is 21.9 Å². The van der Waals surface area contributed by atoms with Gasteiger partial charge in [0.2, 0.25) is 5.91 Å². The molecule has 4 rings (SSSR count). The van der Waals surface area contributed by atoms with Gasteiger partial charge in [0.05, 0.1) is 21.7 Å². The summed E-state index contributed by atoms with van der Waals surface area (Å²) in [4.78, 5) is 34.7. The number of benzene rings is 2. The highest BCUT2D eigenvalue weighted by molar-refractivity contribution is 7.99. The number of anilines is 1. The highest BCUT2D eigenvalue weighted by Gasteiger charge is 2.22. The molecule has 1 N–H and O–H groups in total. The molecular weight excluding hydrogens is 390 g/mol. The first-order valence-corrected chi connectivity index (χ1v) is 10.3. The number of nitro groups is 1. The van der Waals surface area contributed by atoms with E-state index in [2.05, 4.69) is 14.9 Å². The van der Waals surface area contributed by atoms with Crippen molar-refractivity contribution >= 4 is 40.1 Å². The molecule has 29 heavy (non-hydrogen) atoms. The van der Waals surface area contributed by atoms with Gasteiger partial charge in [-0.1, -0.05) is 17.8 Å². The third-order valence-electron chi connectivity index (χ3n) is 5.01. The Balaban J connectivity index is 1.29. The third kappa shape index (κ3) is 4.34. The van der Waals surface area contributed by atoms with Crippen molar-refractivity contribution in [2.45, 2.75) is 12.1 Å². The Labute approximate surface area is 172 Å².